The topological polar surface area (TPSA) is 30.5 Å². The van der Waals surface area contributed by atoms with Gasteiger partial charge in [-0.1, -0.05) is 13.0 Å². The Hall–Kier alpha value is -1.13. The van der Waals surface area contributed by atoms with E-state index in [4.69, 9.17) is 9.47 Å². The molecule has 1 N–H and O–H groups in total. The highest BCUT2D eigenvalue weighted by atomic mass is 19.1. The zero-order valence-corrected chi connectivity index (χ0v) is 13.0. The van der Waals surface area contributed by atoms with Gasteiger partial charge in [-0.15, -0.1) is 0 Å². The van der Waals surface area contributed by atoms with Gasteiger partial charge >= 0.3 is 0 Å². The zero-order valence-electron chi connectivity index (χ0n) is 13.0. The van der Waals surface area contributed by atoms with Crippen LogP contribution in [0.2, 0.25) is 0 Å². The first-order chi connectivity index (χ1) is 10.2. The predicted molar refractivity (Wildman–Crippen MR) is 82.3 cm³/mol. The predicted octanol–water partition coefficient (Wildman–Crippen LogP) is 3.17. The van der Waals surface area contributed by atoms with E-state index in [1.165, 1.54) is 7.11 Å². The lowest BCUT2D eigenvalue weighted by Crippen LogP contribution is -2.41. The molecule has 21 heavy (non-hydrogen) atoms. The van der Waals surface area contributed by atoms with Gasteiger partial charge < -0.3 is 14.8 Å². The lowest BCUT2D eigenvalue weighted by atomic mass is 9.87. The van der Waals surface area contributed by atoms with E-state index in [9.17, 15) is 4.39 Å². The van der Waals surface area contributed by atoms with E-state index in [1.54, 1.807) is 12.1 Å². The highest BCUT2D eigenvalue weighted by Gasteiger charge is 2.24. The van der Waals surface area contributed by atoms with Crippen LogP contribution in [0.5, 0.6) is 5.75 Å². The van der Waals surface area contributed by atoms with Gasteiger partial charge in [0.1, 0.15) is 0 Å². The normalized spacial score (nSPS) is 17.7. The monoisotopic (exact) mass is 295 g/mol. The minimum absolute atomic E-state index is 0.281. The molecule has 0 amide bonds. The number of benzene rings is 1. The first-order valence-electron chi connectivity index (χ1n) is 7.88. The standard InChI is InChI=1S/C17H26FNO2/c1-3-8-19-16(14-6-9-21-10-7-14)12-13-4-5-17(20-2)15(18)11-13/h4-5,11,14,16,19H,3,6-10,12H2,1-2H3. The van der Waals surface area contributed by atoms with Gasteiger partial charge in [0, 0.05) is 19.3 Å². The number of halogens is 1. The van der Waals surface area contributed by atoms with Crippen molar-refractivity contribution in [1.82, 2.24) is 5.32 Å². The Morgan fingerprint density at radius 3 is 2.76 bits per heavy atom. The van der Waals surface area contributed by atoms with Crippen LogP contribution in [0.25, 0.3) is 0 Å². The molecule has 3 nitrogen and oxygen atoms in total. The zero-order chi connectivity index (χ0) is 15.1. The van der Waals surface area contributed by atoms with Gasteiger partial charge in [-0.3, -0.25) is 0 Å². The Bertz CT molecular complexity index is 433. The molecule has 118 valence electrons. The van der Waals surface area contributed by atoms with Crippen molar-refractivity contribution in [3.8, 4) is 5.75 Å². The fraction of sp³-hybridized carbons (Fsp3) is 0.647. The van der Waals surface area contributed by atoms with E-state index in [0.717, 1.165) is 51.0 Å². The number of nitrogens with one attached hydrogen (secondary N) is 1. The second-order valence-corrected chi connectivity index (χ2v) is 5.68. The minimum Gasteiger partial charge on any atom is -0.494 e. The van der Waals surface area contributed by atoms with E-state index in [-0.39, 0.29) is 5.82 Å². The Morgan fingerprint density at radius 1 is 1.38 bits per heavy atom. The minimum atomic E-state index is -0.281. The fourth-order valence-electron chi connectivity index (χ4n) is 2.94. The summed E-state index contributed by atoms with van der Waals surface area (Å²) in [6.07, 6.45) is 4.13. The molecule has 1 unspecified atom stereocenters. The van der Waals surface area contributed by atoms with Gasteiger partial charge in [0.05, 0.1) is 7.11 Å². The summed E-state index contributed by atoms with van der Waals surface area (Å²) in [5, 5.41) is 3.63. The van der Waals surface area contributed by atoms with Crippen molar-refractivity contribution in [3.05, 3.63) is 29.6 Å². The summed E-state index contributed by atoms with van der Waals surface area (Å²) in [6.45, 7) is 4.85. The Labute approximate surface area is 126 Å². The van der Waals surface area contributed by atoms with Crippen LogP contribution in [0.3, 0.4) is 0 Å². The van der Waals surface area contributed by atoms with Crippen molar-refractivity contribution < 1.29 is 13.9 Å². The summed E-state index contributed by atoms with van der Waals surface area (Å²) in [7, 11) is 1.49. The molecule has 1 aromatic carbocycles. The summed E-state index contributed by atoms with van der Waals surface area (Å²) < 4.78 is 24.3. The van der Waals surface area contributed by atoms with Crippen LogP contribution in [0.4, 0.5) is 4.39 Å². The summed E-state index contributed by atoms with van der Waals surface area (Å²) >= 11 is 0. The number of methoxy groups -OCH3 is 1. The van der Waals surface area contributed by atoms with Crippen molar-refractivity contribution in [2.45, 2.75) is 38.6 Å². The molecule has 0 saturated carbocycles. The molecule has 2 rings (SSSR count). The number of rotatable bonds is 7. The SMILES string of the molecule is CCCNC(Cc1ccc(OC)c(F)c1)C1CCOCC1. The first kappa shape index (κ1) is 16.2. The molecule has 1 fully saturated rings. The van der Waals surface area contributed by atoms with Crippen molar-refractivity contribution in [2.24, 2.45) is 5.92 Å². The quantitative estimate of drug-likeness (QED) is 0.838. The number of hydrogen-bond acceptors (Lipinski definition) is 3. The highest BCUT2D eigenvalue weighted by Crippen LogP contribution is 2.24. The average Bonchev–Trinajstić information content (AvgIpc) is 2.52. The highest BCUT2D eigenvalue weighted by molar-refractivity contribution is 5.29. The van der Waals surface area contributed by atoms with E-state index in [0.29, 0.717) is 17.7 Å². The molecular formula is C17H26FNO2. The van der Waals surface area contributed by atoms with Crippen LogP contribution in [0, 0.1) is 11.7 Å². The molecule has 1 aliphatic rings. The van der Waals surface area contributed by atoms with Crippen molar-refractivity contribution in [1.29, 1.82) is 0 Å². The third kappa shape index (κ3) is 4.68. The molecule has 1 aliphatic heterocycles. The van der Waals surface area contributed by atoms with Crippen molar-refractivity contribution in [2.75, 3.05) is 26.9 Å². The second kappa shape index (κ2) is 8.35. The average molecular weight is 295 g/mol. The molecule has 0 bridgehead atoms. The van der Waals surface area contributed by atoms with Gasteiger partial charge in [0.25, 0.3) is 0 Å². The molecule has 0 spiro atoms. The first-order valence-corrected chi connectivity index (χ1v) is 7.88. The van der Waals surface area contributed by atoms with Crippen molar-refractivity contribution >= 4 is 0 Å². The van der Waals surface area contributed by atoms with Crippen LogP contribution in [-0.2, 0) is 11.2 Å². The Balaban J connectivity index is 2.04. The summed E-state index contributed by atoms with van der Waals surface area (Å²) in [5.74, 6) is 0.634. The van der Waals surface area contributed by atoms with Gasteiger partial charge in [-0.2, -0.15) is 0 Å². The largest absolute Gasteiger partial charge is 0.494 e. The van der Waals surface area contributed by atoms with Gasteiger partial charge in [-0.25, -0.2) is 4.39 Å². The van der Waals surface area contributed by atoms with E-state index in [2.05, 4.69) is 12.2 Å². The smallest absolute Gasteiger partial charge is 0.165 e. The van der Waals surface area contributed by atoms with Crippen molar-refractivity contribution in [3.63, 3.8) is 0 Å². The van der Waals surface area contributed by atoms with Gasteiger partial charge in [-0.05, 0) is 55.8 Å². The second-order valence-electron chi connectivity index (χ2n) is 5.68. The maximum Gasteiger partial charge on any atom is 0.165 e. The van der Waals surface area contributed by atoms with Crippen LogP contribution >= 0.6 is 0 Å². The molecule has 1 heterocycles. The summed E-state index contributed by atoms with van der Waals surface area (Å²) in [5.41, 5.74) is 1.02. The van der Waals surface area contributed by atoms with E-state index in [1.807, 2.05) is 6.07 Å². The fourth-order valence-corrected chi connectivity index (χ4v) is 2.94. The molecule has 0 radical (unpaired) electrons. The molecular weight excluding hydrogens is 269 g/mol. The molecule has 1 atom stereocenters. The Morgan fingerprint density at radius 2 is 2.14 bits per heavy atom. The van der Waals surface area contributed by atoms with Gasteiger partial charge in [0.2, 0.25) is 0 Å². The number of hydrogen-bond donors (Lipinski definition) is 1. The van der Waals surface area contributed by atoms with Gasteiger partial charge in [0.15, 0.2) is 11.6 Å². The summed E-state index contributed by atoms with van der Waals surface area (Å²) in [4.78, 5) is 0. The summed E-state index contributed by atoms with van der Waals surface area (Å²) in [6, 6.07) is 5.66. The maximum atomic E-state index is 13.8. The third-order valence-corrected chi connectivity index (χ3v) is 4.16. The lowest BCUT2D eigenvalue weighted by molar-refractivity contribution is 0.0537. The van der Waals surface area contributed by atoms with Crippen LogP contribution in [0.1, 0.15) is 31.7 Å². The molecule has 1 saturated heterocycles. The van der Waals surface area contributed by atoms with Crippen LogP contribution in [-0.4, -0.2) is 32.9 Å². The Kier molecular flexibility index (Phi) is 6.46. The molecule has 0 aromatic heterocycles. The van der Waals surface area contributed by atoms with E-state index < -0.39 is 0 Å². The molecule has 1 aromatic rings. The van der Waals surface area contributed by atoms with E-state index >= 15 is 0 Å². The number of ether oxygens (including phenoxy) is 2. The molecule has 4 heteroatoms. The third-order valence-electron chi connectivity index (χ3n) is 4.16. The molecule has 0 aliphatic carbocycles. The maximum absolute atomic E-state index is 13.8. The lowest BCUT2D eigenvalue weighted by Gasteiger charge is -2.31. The van der Waals surface area contributed by atoms with Crippen LogP contribution in [0.15, 0.2) is 18.2 Å². The van der Waals surface area contributed by atoms with Crippen LogP contribution < -0.4 is 10.1 Å².